The lowest BCUT2D eigenvalue weighted by Gasteiger charge is -2.28. The fraction of sp³-hybridized carbons (Fsp3) is 0.409. The molecule has 160 valence electrons. The van der Waals surface area contributed by atoms with E-state index in [0.717, 1.165) is 31.0 Å². The summed E-state index contributed by atoms with van der Waals surface area (Å²) in [6, 6.07) is 12.3. The van der Waals surface area contributed by atoms with Crippen LogP contribution in [0.3, 0.4) is 0 Å². The lowest BCUT2D eigenvalue weighted by Crippen LogP contribution is -2.36. The maximum Gasteiger partial charge on any atom is 0.283 e. The molecule has 1 aliphatic rings. The molecule has 0 aromatic heterocycles. The standard InChI is InChI=1S/C22H27N3O4S/c1-16(2)9-14-30-21-8-3-17(15-20(21)25(27)28)22(26)23-18-4-6-19(7-5-18)24-10-12-29-13-11-24/h3-8,15-16H,9-14H2,1-2H3,(H,23,26). The van der Waals surface area contributed by atoms with E-state index >= 15 is 0 Å². The van der Waals surface area contributed by atoms with E-state index in [1.165, 1.54) is 17.8 Å². The maximum atomic E-state index is 12.6. The number of hydrogen-bond donors (Lipinski definition) is 1. The molecular formula is C22H27N3O4S. The Bertz CT molecular complexity index is 880. The second-order valence-electron chi connectivity index (χ2n) is 7.57. The Morgan fingerprint density at radius 1 is 1.20 bits per heavy atom. The molecule has 1 heterocycles. The highest BCUT2D eigenvalue weighted by Gasteiger charge is 2.18. The Balaban J connectivity index is 1.67. The van der Waals surface area contributed by atoms with E-state index < -0.39 is 4.92 Å². The molecule has 2 aromatic carbocycles. The average molecular weight is 430 g/mol. The molecular weight excluding hydrogens is 402 g/mol. The van der Waals surface area contributed by atoms with Crippen LogP contribution in [0.4, 0.5) is 17.1 Å². The lowest BCUT2D eigenvalue weighted by molar-refractivity contribution is -0.387. The van der Waals surface area contributed by atoms with Gasteiger partial charge in [0, 0.05) is 36.1 Å². The molecule has 30 heavy (non-hydrogen) atoms. The minimum atomic E-state index is -0.425. The van der Waals surface area contributed by atoms with Crippen LogP contribution in [0.15, 0.2) is 47.4 Å². The van der Waals surface area contributed by atoms with Crippen LogP contribution in [0, 0.1) is 16.0 Å². The third kappa shape index (κ3) is 5.96. The Labute approximate surface area is 180 Å². The second kappa shape index (κ2) is 10.4. The smallest absolute Gasteiger partial charge is 0.283 e. The Morgan fingerprint density at radius 2 is 1.90 bits per heavy atom. The molecule has 1 amide bonds. The monoisotopic (exact) mass is 429 g/mol. The molecule has 7 nitrogen and oxygen atoms in total. The van der Waals surface area contributed by atoms with E-state index in [4.69, 9.17) is 4.74 Å². The van der Waals surface area contributed by atoms with Gasteiger partial charge in [-0.25, -0.2) is 0 Å². The number of carbonyl (C=O) groups excluding carboxylic acids is 1. The summed E-state index contributed by atoms with van der Waals surface area (Å²) in [7, 11) is 0. The minimum Gasteiger partial charge on any atom is -0.378 e. The number of morpholine rings is 1. The first-order valence-electron chi connectivity index (χ1n) is 10.1. The van der Waals surface area contributed by atoms with Crippen molar-refractivity contribution in [2.45, 2.75) is 25.2 Å². The minimum absolute atomic E-state index is 0.0286. The predicted octanol–water partition coefficient (Wildman–Crippen LogP) is 4.82. The van der Waals surface area contributed by atoms with Gasteiger partial charge in [-0.2, -0.15) is 0 Å². The van der Waals surface area contributed by atoms with Gasteiger partial charge in [-0.15, -0.1) is 11.8 Å². The van der Waals surface area contributed by atoms with Gasteiger partial charge in [0.05, 0.1) is 23.0 Å². The zero-order valence-electron chi connectivity index (χ0n) is 17.3. The first-order valence-corrected chi connectivity index (χ1v) is 11.1. The van der Waals surface area contributed by atoms with Gasteiger partial charge < -0.3 is 15.0 Å². The normalized spacial score (nSPS) is 14.0. The molecule has 0 unspecified atom stereocenters. The van der Waals surface area contributed by atoms with Crippen LogP contribution in [0.1, 0.15) is 30.6 Å². The van der Waals surface area contributed by atoms with Crippen molar-refractivity contribution in [3.63, 3.8) is 0 Å². The van der Waals surface area contributed by atoms with Crippen molar-refractivity contribution in [3.8, 4) is 0 Å². The summed E-state index contributed by atoms with van der Waals surface area (Å²) in [5.41, 5.74) is 1.97. The molecule has 0 bridgehead atoms. The van der Waals surface area contributed by atoms with Gasteiger partial charge in [-0.05, 0) is 54.5 Å². The third-order valence-corrected chi connectivity index (χ3v) is 5.97. The number of carbonyl (C=O) groups is 1. The molecule has 1 saturated heterocycles. The number of nitrogens with one attached hydrogen (secondary N) is 1. The fourth-order valence-corrected chi connectivity index (χ4v) is 4.36. The number of hydrogen-bond acceptors (Lipinski definition) is 6. The number of amides is 1. The van der Waals surface area contributed by atoms with E-state index in [2.05, 4.69) is 24.1 Å². The number of anilines is 2. The van der Waals surface area contributed by atoms with Gasteiger partial charge in [0.25, 0.3) is 11.6 Å². The molecule has 3 rings (SSSR count). The molecule has 0 radical (unpaired) electrons. The van der Waals surface area contributed by atoms with E-state index in [1.54, 1.807) is 12.1 Å². The summed E-state index contributed by atoms with van der Waals surface area (Å²) in [6.45, 7) is 7.35. The Kier molecular flexibility index (Phi) is 7.70. The molecule has 8 heteroatoms. The highest BCUT2D eigenvalue weighted by molar-refractivity contribution is 7.99. The molecule has 1 aliphatic heterocycles. The zero-order valence-corrected chi connectivity index (χ0v) is 18.1. The van der Waals surface area contributed by atoms with E-state index in [1.807, 2.05) is 24.3 Å². The quantitative estimate of drug-likeness (QED) is 0.368. The van der Waals surface area contributed by atoms with Gasteiger partial charge in [0.2, 0.25) is 0 Å². The van der Waals surface area contributed by atoms with Gasteiger partial charge in [-0.1, -0.05) is 13.8 Å². The predicted molar refractivity (Wildman–Crippen MR) is 121 cm³/mol. The number of nitro benzene ring substituents is 1. The number of ether oxygens (including phenoxy) is 1. The fourth-order valence-electron chi connectivity index (χ4n) is 3.11. The highest BCUT2D eigenvalue weighted by Crippen LogP contribution is 2.31. The van der Waals surface area contributed by atoms with Gasteiger partial charge in [-0.3, -0.25) is 14.9 Å². The van der Waals surface area contributed by atoms with Crippen molar-refractivity contribution in [2.24, 2.45) is 5.92 Å². The van der Waals surface area contributed by atoms with Crippen LogP contribution < -0.4 is 10.2 Å². The van der Waals surface area contributed by atoms with Crippen molar-refractivity contribution in [1.82, 2.24) is 0 Å². The van der Waals surface area contributed by atoms with Gasteiger partial charge >= 0.3 is 0 Å². The maximum absolute atomic E-state index is 12.6. The topological polar surface area (TPSA) is 84.7 Å². The summed E-state index contributed by atoms with van der Waals surface area (Å²) in [6.07, 6.45) is 0.977. The van der Waals surface area contributed by atoms with Crippen LogP contribution in [0.25, 0.3) is 0 Å². The van der Waals surface area contributed by atoms with E-state index in [-0.39, 0.29) is 17.2 Å². The number of nitrogens with zero attached hydrogens (tertiary/aromatic N) is 2. The van der Waals surface area contributed by atoms with E-state index in [9.17, 15) is 14.9 Å². The SMILES string of the molecule is CC(C)CCSc1ccc(C(=O)Nc2ccc(N3CCOCC3)cc2)cc1[N+](=O)[O-]. The molecule has 0 spiro atoms. The third-order valence-electron chi connectivity index (χ3n) is 4.87. The largest absolute Gasteiger partial charge is 0.378 e. The lowest BCUT2D eigenvalue weighted by atomic mass is 10.1. The molecule has 0 aliphatic carbocycles. The summed E-state index contributed by atoms with van der Waals surface area (Å²) in [4.78, 5) is 26.5. The van der Waals surface area contributed by atoms with Crippen LogP contribution in [-0.2, 0) is 4.74 Å². The first-order chi connectivity index (χ1) is 14.4. The van der Waals surface area contributed by atoms with Crippen molar-refractivity contribution >= 4 is 34.7 Å². The second-order valence-corrected chi connectivity index (χ2v) is 8.71. The average Bonchev–Trinajstić information content (AvgIpc) is 2.74. The van der Waals surface area contributed by atoms with Gasteiger partial charge in [0.15, 0.2) is 0 Å². The van der Waals surface area contributed by atoms with Crippen molar-refractivity contribution in [3.05, 3.63) is 58.1 Å². The number of nitro groups is 1. The number of rotatable bonds is 8. The van der Waals surface area contributed by atoms with Crippen molar-refractivity contribution < 1.29 is 14.5 Å². The highest BCUT2D eigenvalue weighted by atomic mass is 32.2. The summed E-state index contributed by atoms with van der Waals surface area (Å²) in [5, 5.41) is 14.3. The molecule has 0 atom stereocenters. The Hall–Kier alpha value is -2.58. The zero-order chi connectivity index (χ0) is 21.5. The number of thioether (sulfide) groups is 1. The summed E-state index contributed by atoms with van der Waals surface area (Å²) >= 11 is 1.46. The van der Waals surface area contributed by atoms with Crippen molar-refractivity contribution in [1.29, 1.82) is 0 Å². The van der Waals surface area contributed by atoms with Crippen LogP contribution in [0.5, 0.6) is 0 Å². The number of benzene rings is 2. The van der Waals surface area contributed by atoms with Crippen LogP contribution >= 0.6 is 11.8 Å². The van der Waals surface area contributed by atoms with Gasteiger partial charge in [0.1, 0.15) is 0 Å². The Morgan fingerprint density at radius 3 is 2.53 bits per heavy atom. The summed E-state index contributed by atoms with van der Waals surface area (Å²) < 4.78 is 5.37. The molecule has 2 aromatic rings. The van der Waals surface area contributed by atoms with E-state index in [0.29, 0.717) is 29.7 Å². The first kappa shape index (κ1) is 22.1. The summed E-state index contributed by atoms with van der Waals surface area (Å²) in [5.74, 6) is 0.978. The van der Waals surface area contributed by atoms with Crippen LogP contribution in [-0.4, -0.2) is 42.9 Å². The van der Waals surface area contributed by atoms with Crippen LogP contribution in [0.2, 0.25) is 0 Å². The molecule has 1 N–H and O–H groups in total. The molecule has 1 fully saturated rings. The molecule has 0 saturated carbocycles. The van der Waals surface area contributed by atoms with Crippen molar-refractivity contribution in [2.75, 3.05) is 42.3 Å².